The van der Waals surface area contributed by atoms with Gasteiger partial charge in [0.25, 0.3) is 0 Å². The summed E-state index contributed by atoms with van der Waals surface area (Å²) in [6.07, 6.45) is 7.68. The molecule has 0 radical (unpaired) electrons. The average molecular weight is 1030 g/mol. The summed E-state index contributed by atoms with van der Waals surface area (Å²) in [6, 6.07) is 84.5. The Labute approximate surface area is 458 Å². The molecule has 0 spiro atoms. The Morgan fingerprint density at radius 2 is 0.637 bits per heavy atom. The van der Waals surface area contributed by atoms with E-state index in [4.69, 9.17) is 30.1 Å². The molecule has 374 valence electrons. The number of benzene rings is 10. The topological polar surface area (TPSA) is 97.1 Å². The van der Waals surface area contributed by atoms with Crippen LogP contribution in [0.25, 0.3) is 145 Å². The van der Waals surface area contributed by atoms with Gasteiger partial charge in [0, 0.05) is 60.3 Å². The van der Waals surface area contributed by atoms with E-state index >= 15 is 0 Å². The van der Waals surface area contributed by atoms with Crippen molar-refractivity contribution in [2.75, 3.05) is 0 Å². The van der Waals surface area contributed by atoms with Gasteiger partial charge in [-0.2, -0.15) is 10.2 Å². The first-order valence-corrected chi connectivity index (χ1v) is 26.7. The van der Waals surface area contributed by atoms with E-state index in [1.54, 1.807) is 0 Å². The number of rotatable bonds is 9. The molecule has 6 heterocycles. The molecule has 0 unspecified atom stereocenters. The van der Waals surface area contributed by atoms with Crippen molar-refractivity contribution < 1.29 is 0 Å². The second-order valence-corrected chi connectivity index (χ2v) is 20.0. The second-order valence-electron chi connectivity index (χ2n) is 20.0. The third kappa shape index (κ3) is 7.20. The van der Waals surface area contributed by atoms with Gasteiger partial charge in [0.1, 0.15) is 0 Å². The molecular formula is C70H44N10. The van der Waals surface area contributed by atoms with Crippen LogP contribution in [0.5, 0.6) is 0 Å². The van der Waals surface area contributed by atoms with Gasteiger partial charge in [-0.3, -0.25) is 14.5 Å². The van der Waals surface area contributed by atoms with Crippen molar-refractivity contribution >= 4 is 65.4 Å². The molecule has 10 heteroatoms. The number of hydrogen-bond acceptors (Lipinski definition) is 6. The predicted molar refractivity (Wildman–Crippen MR) is 323 cm³/mol. The summed E-state index contributed by atoms with van der Waals surface area (Å²) in [5, 5.41) is 16.5. The lowest BCUT2D eigenvalue weighted by molar-refractivity contribution is 0.867. The second kappa shape index (κ2) is 18.3. The summed E-state index contributed by atoms with van der Waals surface area (Å²) >= 11 is 0. The molecule has 0 aliphatic heterocycles. The number of para-hydroxylation sites is 2. The van der Waals surface area contributed by atoms with Crippen molar-refractivity contribution in [3.05, 3.63) is 267 Å². The van der Waals surface area contributed by atoms with Gasteiger partial charge in [-0.25, -0.2) is 19.3 Å². The minimum atomic E-state index is 0.607. The predicted octanol–water partition coefficient (Wildman–Crippen LogP) is 16.5. The lowest BCUT2D eigenvalue weighted by atomic mass is 10.00. The molecule has 0 fully saturated rings. The van der Waals surface area contributed by atoms with E-state index in [-0.39, 0.29) is 0 Å². The largest absolute Gasteiger partial charge is 0.309 e. The highest BCUT2D eigenvalue weighted by Crippen LogP contribution is 2.43. The minimum Gasteiger partial charge on any atom is -0.309 e. The quantitative estimate of drug-likeness (QED) is 0.143. The van der Waals surface area contributed by atoms with E-state index in [0.717, 1.165) is 133 Å². The Kier molecular flexibility index (Phi) is 10.3. The molecule has 0 N–H and O–H groups in total. The van der Waals surface area contributed by atoms with Gasteiger partial charge in [-0.15, -0.1) is 0 Å². The molecule has 0 bridgehead atoms. The van der Waals surface area contributed by atoms with E-state index in [0.29, 0.717) is 11.6 Å². The summed E-state index contributed by atoms with van der Waals surface area (Å²) < 4.78 is 8.57. The first-order valence-electron chi connectivity index (χ1n) is 26.7. The molecule has 0 atom stereocenters. The summed E-state index contributed by atoms with van der Waals surface area (Å²) in [7, 11) is 0. The van der Waals surface area contributed by atoms with Crippen LogP contribution in [-0.2, 0) is 0 Å². The zero-order valence-corrected chi connectivity index (χ0v) is 42.9. The van der Waals surface area contributed by atoms with Crippen LogP contribution >= 0.6 is 0 Å². The first kappa shape index (κ1) is 45.1. The van der Waals surface area contributed by atoms with Crippen LogP contribution in [0, 0.1) is 0 Å². The van der Waals surface area contributed by atoms with E-state index in [1.165, 1.54) is 0 Å². The van der Waals surface area contributed by atoms with Gasteiger partial charge < -0.3 is 4.57 Å². The summed E-state index contributed by atoms with van der Waals surface area (Å²) in [5.74, 6) is 1.29. The Hall–Kier alpha value is -11.1. The lowest BCUT2D eigenvalue weighted by Gasteiger charge is -2.13. The summed E-state index contributed by atoms with van der Waals surface area (Å²) in [4.78, 5) is 21.2. The van der Waals surface area contributed by atoms with Gasteiger partial charge in [-0.05, 0) is 83.9 Å². The van der Waals surface area contributed by atoms with Crippen molar-refractivity contribution in [2.45, 2.75) is 0 Å². The first-order chi connectivity index (χ1) is 39.7. The zero-order valence-electron chi connectivity index (χ0n) is 42.9. The van der Waals surface area contributed by atoms with Crippen LogP contribution < -0.4 is 0 Å². The molecule has 0 aliphatic carbocycles. The monoisotopic (exact) mass is 1020 g/mol. The summed E-state index contributed by atoms with van der Waals surface area (Å²) in [5.41, 5.74) is 17.5. The molecule has 6 aromatic heterocycles. The number of nitrogens with zero attached hydrogens (tertiary/aromatic N) is 10. The van der Waals surface area contributed by atoms with E-state index in [1.807, 2.05) is 113 Å². The highest BCUT2D eigenvalue weighted by Gasteiger charge is 2.24. The highest BCUT2D eigenvalue weighted by atomic mass is 15.3. The molecule has 10 nitrogen and oxygen atoms in total. The zero-order chi connectivity index (χ0) is 52.7. The van der Waals surface area contributed by atoms with Crippen molar-refractivity contribution in [1.82, 2.24) is 48.6 Å². The molecule has 80 heavy (non-hydrogen) atoms. The fourth-order valence-corrected chi connectivity index (χ4v) is 11.8. The van der Waals surface area contributed by atoms with E-state index in [2.05, 4.69) is 173 Å². The standard InChI is InChI=1S/C70H44N10/c1-7-19-45(20-8-1)65-67(47-23-11-3-12-24-47)75-63(43-71-65)78-60-36-32-50(49-31-35-59-55(39-49)53-33-37-61-57(41-73-79(61)52-29-17-6-18-30-52)69(53)77(59)51-27-15-5-16-28-51)40-56(60)54-34-38-62-58(70(54)78)42-74-80(62)64-44-72-66(46-21-9-2-10-22-46)68(76-64)48-25-13-4-14-26-48/h1-44H. The maximum atomic E-state index is 5.57. The molecule has 0 aliphatic rings. The normalized spacial score (nSPS) is 11.8. The smallest absolute Gasteiger partial charge is 0.173 e. The van der Waals surface area contributed by atoms with Gasteiger partial charge in [-0.1, -0.05) is 170 Å². The maximum Gasteiger partial charge on any atom is 0.173 e. The highest BCUT2D eigenvalue weighted by molar-refractivity contribution is 6.20. The van der Waals surface area contributed by atoms with Crippen molar-refractivity contribution in [3.63, 3.8) is 0 Å². The summed E-state index contributed by atoms with van der Waals surface area (Å²) in [6.45, 7) is 0. The Morgan fingerprint density at radius 1 is 0.250 bits per heavy atom. The van der Waals surface area contributed by atoms with Crippen LogP contribution in [-0.4, -0.2) is 48.6 Å². The number of fused-ring (bicyclic) bond motifs is 10. The fraction of sp³-hybridized carbons (Fsp3) is 0. The SMILES string of the molecule is c1ccc(-c2ncc(-n3ncc4c3ccc3c5cc(-c6ccc7c(c6)c6ccc8c(cnn8-c8ccccc8)c6n7-c6ccccc6)ccc5n(-c5cnc(-c6ccccc6)c(-c6ccccc6)n5)c34)nc2-c2ccccc2)cc1. The molecular weight excluding hydrogens is 981 g/mol. The Morgan fingerprint density at radius 3 is 1.15 bits per heavy atom. The van der Waals surface area contributed by atoms with Gasteiger partial charge in [0.15, 0.2) is 11.6 Å². The molecule has 0 amide bonds. The number of hydrogen-bond donors (Lipinski definition) is 0. The van der Waals surface area contributed by atoms with Crippen LogP contribution in [0.15, 0.2) is 267 Å². The van der Waals surface area contributed by atoms with Gasteiger partial charge in [0.2, 0.25) is 0 Å². The lowest BCUT2D eigenvalue weighted by Crippen LogP contribution is -2.04. The molecule has 16 aromatic rings. The molecule has 16 rings (SSSR count). The van der Waals surface area contributed by atoms with Gasteiger partial charge >= 0.3 is 0 Å². The van der Waals surface area contributed by atoms with Crippen molar-refractivity contribution in [2.24, 2.45) is 0 Å². The average Bonchev–Trinajstić information content (AvgIpc) is 4.53. The van der Waals surface area contributed by atoms with Crippen LogP contribution in [0.3, 0.4) is 0 Å². The molecule has 10 aromatic carbocycles. The van der Waals surface area contributed by atoms with E-state index < -0.39 is 0 Å². The third-order valence-electron chi connectivity index (χ3n) is 15.5. The van der Waals surface area contributed by atoms with E-state index in [9.17, 15) is 0 Å². The minimum absolute atomic E-state index is 0.607. The molecule has 0 saturated carbocycles. The van der Waals surface area contributed by atoms with Crippen molar-refractivity contribution in [1.29, 1.82) is 0 Å². The fourth-order valence-electron chi connectivity index (χ4n) is 11.8. The van der Waals surface area contributed by atoms with Crippen molar-refractivity contribution in [3.8, 4) is 79.2 Å². The van der Waals surface area contributed by atoms with Gasteiger partial charge in [0.05, 0.1) is 86.4 Å². The van der Waals surface area contributed by atoms with Crippen LogP contribution in [0.2, 0.25) is 0 Å². The van der Waals surface area contributed by atoms with Crippen LogP contribution in [0.1, 0.15) is 0 Å². The Balaban J connectivity index is 0.912. The molecule has 0 saturated heterocycles. The van der Waals surface area contributed by atoms with Crippen LogP contribution in [0.4, 0.5) is 0 Å². The maximum absolute atomic E-state index is 5.57. The third-order valence-corrected chi connectivity index (χ3v) is 15.5. The number of aromatic nitrogens is 10. The Bertz CT molecular complexity index is 5030.